The molecular formula is C23H36Cl2N6O5. The summed E-state index contributed by atoms with van der Waals surface area (Å²) in [5.41, 5.74) is 0. The van der Waals surface area contributed by atoms with Crippen molar-refractivity contribution in [3.8, 4) is 0 Å². The highest BCUT2D eigenvalue weighted by Crippen LogP contribution is 2.32. The van der Waals surface area contributed by atoms with Gasteiger partial charge in [0.2, 0.25) is 17.7 Å². The van der Waals surface area contributed by atoms with Crippen molar-refractivity contribution in [3.05, 3.63) is 0 Å². The number of guanidine groups is 1. The molecule has 0 aromatic heterocycles. The minimum atomic E-state index is -1.34. The third-order valence-corrected chi connectivity index (χ3v) is 7.85. The summed E-state index contributed by atoms with van der Waals surface area (Å²) in [6, 6.07) is -1.20. The number of carbonyl (C=O) groups is 4. The van der Waals surface area contributed by atoms with Crippen molar-refractivity contribution in [1.82, 2.24) is 26.6 Å². The van der Waals surface area contributed by atoms with Crippen LogP contribution in [0.1, 0.15) is 51.4 Å². The van der Waals surface area contributed by atoms with Crippen molar-refractivity contribution in [2.75, 3.05) is 26.2 Å². The number of carbonyl (C=O) groups excluding carboxylic acids is 3. The lowest BCUT2D eigenvalue weighted by Crippen LogP contribution is -2.54. The van der Waals surface area contributed by atoms with Gasteiger partial charge in [-0.05, 0) is 38.5 Å². The van der Waals surface area contributed by atoms with Gasteiger partial charge in [0.1, 0.15) is 6.04 Å². The number of alkyl halides is 2. The Kier molecular flexibility index (Phi) is 10.9. The minimum Gasteiger partial charge on any atom is -0.480 e. The van der Waals surface area contributed by atoms with Crippen molar-refractivity contribution in [2.24, 2.45) is 16.8 Å². The molecule has 5 atom stereocenters. The van der Waals surface area contributed by atoms with Gasteiger partial charge >= 0.3 is 5.97 Å². The molecule has 0 aromatic carbocycles. The quantitative estimate of drug-likeness (QED) is 0.226. The number of aliphatic imine (C=N–C) groups is 1. The third-order valence-electron chi connectivity index (χ3n) is 6.87. The van der Waals surface area contributed by atoms with Crippen LogP contribution in [0.25, 0.3) is 0 Å². The summed E-state index contributed by atoms with van der Waals surface area (Å²) in [5, 5.41) is 22.7. The van der Waals surface area contributed by atoms with Gasteiger partial charge in [0.05, 0.1) is 12.5 Å². The van der Waals surface area contributed by atoms with E-state index in [-0.39, 0.29) is 31.0 Å². The summed E-state index contributed by atoms with van der Waals surface area (Å²) < 4.78 is 0. The Hall–Kier alpha value is -2.27. The zero-order chi connectivity index (χ0) is 26.1. The van der Waals surface area contributed by atoms with Gasteiger partial charge in [-0.3, -0.25) is 19.4 Å². The molecular weight excluding hydrogens is 511 g/mol. The fraction of sp³-hybridized carbons (Fsp3) is 0.783. The predicted octanol–water partition coefficient (Wildman–Crippen LogP) is 0.301. The van der Waals surface area contributed by atoms with Crippen LogP contribution in [0, 0.1) is 11.8 Å². The topological polar surface area (TPSA) is 161 Å². The average molecular weight is 547 g/mol. The fourth-order valence-electron chi connectivity index (χ4n) is 4.86. The molecule has 6 N–H and O–H groups in total. The van der Waals surface area contributed by atoms with Crippen molar-refractivity contribution in [3.63, 3.8) is 0 Å². The number of rotatable bonds is 9. The second-order valence-corrected chi connectivity index (χ2v) is 10.7. The molecule has 2 aliphatic carbocycles. The number of carboxylic acids is 1. The van der Waals surface area contributed by atoms with Gasteiger partial charge in [-0.15, -0.1) is 23.2 Å². The van der Waals surface area contributed by atoms with E-state index in [1.165, 1.54) is 0 Å². The van der Waals surface area contributed by atoms with E-state index in [1.54, 1.807) is 0 Å². The zero-order valence-corrected chi connectivity index (χ0v) is 21.7. The molecule has 3 amide bonds. The number of amides is 3. The lowest BCUT2D eigenvalue weighted by molar-refractivity contribution is -0.142. The van der Waals surface area contributed by atoms with Gasteiger partial charge in [-0.2, -0.15) is 0 Å². The van der Waals surface area contributed by atoms with Crippen LogP contribution in [0.3, 0.4) is 0 Å². The minimum absolute atomic E-state index is 0.136. The maximum Gasteiger partial charge on any atom is 0.328 e. The highest BCUT2D eigenvalue weighted by atomic mass is 35.5. The van der Waals surface area contributed by atoms with Crippen LogP contribution < -0.4 is 26.6 Å². The summed E-state index contributed by atoms with van der Waals surface area (Å²) in [6.07, 6.45) is 6.28. The first-order chi connectivity index (χ1) is 17.2. The molecule has 4 unspecified atom stereocenters. The van der Waals surface area contributed by atoms with Gasteiger partial charge in [0, 0.05) is 42.3 Å². The summed E-state index contributed by atoms with van der Waals surface area (Å²) >= 11 is 12.5. The van der Waals surface area contributed by atoms with Crippen LogP contribution >= 0.6 is 23.2 Å². The molecule has 0 aromatic rings. The smallest absolute Gasteiger partial charge is 0.328 e. The van der Waals surface area contributed by atoms with Gasteiger partial charge in [-0.25, -0.2) is 4.79 Å². The standard InChI is InChI=1S/C23H36Cl2N6O5/c24-15-6-2-7-16(25)19(15)21(34)31-17(22(35)36)11-28-18(32)12-29-20(33)13-4-1-5-14(10-13)30-23-26-8-3-9-27-23/h13-17,19H,1-12H2,(H,28,32)(H,29,33)(H,31,34)(H,35,36)(H2,26,27,30)/t13?,14?,15?,16?,17-,19?/m0/s1. The molecule has 0 radical (unpaired) electrons. The maximum absolute atomic E-state index is 12.6. The molecule has 36 heavy (non-hydrogen) atoms. The summed E-state index contributed by atoms with van der Waals surface area (Å²) in [6.45, 7) is 1.06. The van der Waals surface area contributed by atoms with E-state index in [1.807, 2.05) is 0 Å². The molecule has 1 aliphatic heterocycles. The lowest BCUT2D eigenvalue weighted by atomic mass is 9.85. The Morgan fingerprint density at radius 2 is 1.72 bits per heavy atom. The number of hydrogen-bond donors (Lipinski definition) is 6. The van der Waals surface area contributed by atoms with Crippen LogP contribution in [-0.4, -0.2) is 83.8 Å². The van der Waals surface area contributed by atoms with Crippen molar-refractivity contribution in [2.45, 2.75) is 74.2 Å². The number of nitrogens with one attached hydrogen (secondary N) is 5. The number of hydrogen-bond acceptors (Lipinski definition) is 7. The SMILES string of the molecule is O=C(CNC(=O)C1CCCC(NC2=NCCCN2)C1)NC[C@H](NC(=O)C1C(Cl)CCCC1Cl)C(=O)O. The first-order valence-electron chi connectivity index (χ1n) is 12.6. The maximum atomic E-state index is 12.6. The first-order valence-corrected chi connectivity index (χ1v) is 13.5. The zero-order valence-electron chi connectivity index (χ0n) is 20.2. The molecule has 0 saturated heterocycles. The van der Waals surface area contributed by atoms with Crippen molar-refractivity contribution < 1.29 is 24.3 Å². The van der Waals surface area contributed by atoms with Crippen LogP contribution in [0.15, 0.2) is 4.99 Å². The number of carboxylic acid groups (broad SMARTS) is 1. The third kappa shape index (κ3) is 8.40. The Morgan fingerprint density at radius 1 is 1.00 bits per heavy atom. The van der Waals surface area contributed by atoms with E-state index in [0.717, 1.165) is 51.2 Å². The van der Waals surface area contributed by atoms with Crippen molar-refractivity contribution in [1.29, 1.82) is 0 Å². The van der Waals surface area contributed by atoms with Gasteiger partial charge in [-0.1, -0.05) is 12.8 Å². The first kappa shape index (κ1) is 28.3. The molecule has 2 saturated carbocycles. The molecule has 3 aliphatic rings. The summed E-state index contributed by atoms with van der Waals surface area (Å²) in [7, 11) is 0. The Labute approximate surface area is 220 Å². The number of nitrogens with zero attached hydrogens (tertiary/aromatic N) is 1. The molecule has 3 rings (SSSR count). The second kappa shape index (κ2) is 13.9. The van der Waals surface area contributed by atoms with Crippen molar-refractivity contribution >= 4 is 52.9 Å². The highest BCUT2D eigenvalue weighted by molar-refractivity contribution is 6.26. The van der Waals surface area contributed by atoms with Gasteiger partial charge < -0.3 is 31.7 Å². The van der Waals surface area contributed by atoms with Gasteiger partial charge in [0.25, 0.3) is 0 Å². The molecule has 0 spiro atoms. The Bertz CT molecular complexity index is 834. The monoisotopic (exact) mass is 546 g/mol. The number of aliphatic carboxylic acids is 1. The highest BCUT2D eigenvalue weighted by Gasteiger charge is 2.38. The Morgan fingerprint density at radius 3 is 2.39 bits per heavy atom. The summed E-state index contributed by atoms with van der Waals surface area (Å²) in [5.74, 6) is -2.73. The average Bonchev–Trinajstić information content (AvgIpc) is 2.85. The predicted molar refractivity (Wildman–Crippen MR) is 136 cm³/mol. The molecule has 11 nitrogen and oxygen atoms in total. The Balaban J connectivity index is 1.40. The van der Waals surface area contributed by atoms with Gasteiger partial charge in [0.15, 0.2) is 5.96 Å². The molecule has 0 bridgehead atoms. The lowest BCUT2D eigenvalue weighted by Gasteiger charge is -2.31. The second-order valence-electron chi connectivity index (χ2n) is 9.63. The van der Waals surface area contributed by atoms with Crippen LogP contribution in [-0.2, 0) is 19.2 Å². The van der Waals surface area contributed by atoms with E-state index in [0.29, 0.717) is 19.3 Å². The van der Waals surface area contributed by atoms with Crippen LogP contribution in [0.5, 0.6) is 0 Å². The summed E-state index contributed by atoms with van der Waals surface area (Å²) in [4.78, 5) is 53.5. The largest absolute Gasteiger partial charge is 0.480 e. The molecule has 2 fully saturated rings. The van der Waals surface area contributed by atoms with E-state index in [2.05, 4.69) is 31.6 Å². The van der Waals surface area contributed by atoms with E-state index in [9.17, 15) is 24.3 Å². The van der Waals surface area contributed by atoms with E-state index < -0.39 is 40.5 Å². The number of halogens is 2. The van der Waals surface area contributed by atoms with Crippen LogP contribution in [0.4, 0.5) is 0 Å². The molecule has 13 heteroatoms. The normalized spacial score (nSPS) is 29.1. The molecule has 202 valence electrons. The van der Waals surface area contributed by atoms with Crippen LogP contribution in [0.2, 0.25) is 0 Å². The fourth-order valence-corrected chi connectivity index (χ4v) is 5.83. The molecule has 1 heterocycles. The van der Waals surface area contributed by atoms with E-state index in [4.69, 9.17) is 23.2 Å². The van der Waals surface area contributed by atoms with E-state index >= 15 is 0 Å².